The van der Waals surface area contributed by atoms with Gasteiger partial charge in [0.2, 0.25) is 0 Å². The number of carbonyl (C=O) groups is 3. The Morgan fingerprint density at radius 3 is 2.55 bits per heavy atom. The van der Waals surface area contributed by atoms with Crippen LogP contribution >= 0.6 is 0 Å². The predicted octanol–water partition coefficient (Wildman–Crippen LogP) is 4.52. The quantitative estimate of drug-likeness (QED) is 0.508. The minimum absolute atomic E-state index is 0.0302. The highest BCUT2D eigenvalue weighted by Crippen LogP contribution is 2.66. The number of ether oxygens (including phenoxy) is 2. The molecule has 0 heterocycles. The van der Waals surface area contributed by atoms with Crippen molar-refractivity contribution >= 4 is 17.9 Å². The summed E-state index contributed by atoms with van der Waals surface area (Å²) in [6.07, 6.45) is 9.95. The van der Waals surface area contributed by atoms with Gasteiger partial charge in [0.25, 0.3) is 0 Å². The van der Waals surface area contributed by atoms with Gasteiger partial charge in [-0.3, -0.25) is 14.4 Å². The summed E-state index contributed by atoms with van der Waals surface area (Å²) < 4.78 is 10.8. The van der Waals surface area contributed by atoms with Gasteiger partial charge in [0.05, 0.1) is 25.9 Å². The molecule has 3 saturated carbocycles. The molecule has 4 aliphatic rings. The van der Waals surface area contributed by atoms with E-state index in [1.807, 2.05) is 0 Å². The van der Waals surface area contributed by atoms with Crippen LogP contribution < -0.4 is 0 Å². The summed E-state index contributed by atoms with van der Waals surface area (Å²) in [6.45, 7) is 4.71. The molecule has 1 N–H and O–H groups in total. The van der Waals surface area contributed by atoms with Crippen molar-refractivity contribution in [2.75, 3.05) is 7.11 Å². The van der Waals surface area contributed by atoms with Crippen LogP contribution in [-0.2, 0) is 23.9 Å². The molecule has 0 aromatic carbocycles. The van der Waals surface area contributed by atoms with E-state index in [0.717, 1.165) is 51.4 Å². The molecule has 6 heteroatoms. The zero-order valence-electron chi connectivity index (χ0n) is 19.0. The Labute approximate surface area is 184 Å². The van der Waals surface area contributed by atoms with E-state index in [0.29, 0.717) is 17.8 Å². The smallest absolute Gasteiger partial charge is 0.309 e. The number of carboxylic acid groups (broad SMARTS) is 1. The van der Waals surface area contributed by atoms with E-state index in [1.54, 1.807) is 0 Å². The van der Waals surface area contributed by atoms with Crippen molar-refractivity contribution in [3.8, 4) is 0 Å². The average Bonchev–Trinajstić information content (AvgIpc) is 3.09. The van der Waals surface area contributed by atoms with Crippen LogP contribution in [-0.4, -0.2) is 36.2 Å². The second kappa shape index (κ2) is 8.25. The van der Waals surface area contributed by atoms with E-state index in [4.69, 9.17) is 14.6 Å². The predicted molar refractivity (Wildman–Crippen MR) is 114 cm³/mol. The van der Waals surface area contributed by atoms with Gasteiger partial charge in [0.1, 0.15) is 6.10 Å². The van der Waals surface area contributed by atoms with Gasteiger partial charge in [-0.25, -0.2) is 0 Å². The molecular weight excluding hydrogens is 396 g/mol. The molecule has 0 aromatic heterocycles. The van der Waals surface area contributed by atoms with E-state index < -0.39 is 11.9 Å². The van der Waals surface area contributed by atoms with Crippen LogP contribution in [0.4, 0.5) is 0 Å². The summed E-state index contributed by atoms with van der Waals surface area (Å²) >= 11 is 0. The van der Waals surface area contributed by atoms with Crippen LogP contribution in [0.2, 0.25) is 0 Å². The van der Waals surface area contributed by atoms with Crippen molar-refractivity contribution in [3.05, 3.63) is 11.6 Å². The summed E-state index contributed by atoms with van der Waals surface area (Å²) in [7, 11) is 1.51. The van der Waals surface area contributed by atoms with Crippen molar-refractivity contribution in [1.29, 1.82) is 0 Å². The monoisotopic (exact) mass is 432 g/mol. The normalized spacial score (nSPS) is 41.3. The molecule has 0 saturated heterocycles. The molecule has 0 aromatic rings. The molecule has 0 aliphatic heterocycles. The standard InChI is InChI=1S/C25H36O6/c1-24-12-10-16(31-22(28)9-8-21(26)27)14-15(24)4-5-17-18-6-7-20(23(29)30-3)25(18,2)13-11-19(17)24/h4,16-20H,5-14H2,1-3H3,(H,26,27)/t16-,17+,18+,19+,20-,24+,25+/m1/s1. The maximum absolute atomic E-state index is 12.4. The van der Waals surface area contributed by atoms with Gasteiger partial charge in [0.15, 0.2) is 0 Å². The molecule has 4 rings (SSSR count). The number of aliphatic carboxylic acids is 1. The number of fused-ring (bicyclic) bond motifs is 5. The summed E-state index contributed by atoms with van der Waals surface area (Å²) in [6, 6.07) is 0. The van der Waals surface area contributed by atoms with Crippen LogP contribution in [0.5, 0.6) is 0 Å². The lowest BCUT2D eigenvalue weighted by Gasteiger charge is -2.57. The van der Waals surface area contributed by atoms with Gasteiger partial charge < -0.3 is 14.6 Å². The largest absolute Gasteiger partial charge is 0.481 e. The highest BCUT2D eigenvalue weighted by molar-refractivity contribution is 5.76. The van der Waals surface area contributed by atoms with Gasteiger partial charge in [0, 0.05) is 6.42 Å². The minimum atomic E-state index is -0.972. The third-order valence-electron chi connectivity index (χ3n) is 9.39. The highest BCUT2D eigenvalue weighted by Gasteiger charge is 2.60. The fourth-order valence-electron chi connectivity index (χ4n) is 7.71. The minimum Gasteiger partial charge on any atom is -0.481 e. The summed E-state index contributed by atoms with van der Waals surface area (Å²) in [5, 5.41) is 8.77. The van der Waals surface area contributed by atoms with Gasteiger partial charge >= 0.3 is 17.9 Å². The second-order valence-electron chi connectivity index (χ2n) is 10.7. The van der Waals surface area contributed by atoms with Crippen molar-refractivity contribution in [2.24, 2.45) is 34.5 Å². The molecular formula is C25H36O6. The van der Waals surface area contributed by atoms with Crippen molar-refractivity contribution < 1.29 is 29.0 Å². The van der Waals surface area contributed by atoms with Gasteiger partial charge in [-0.15, -0.1) is 0 Å². The number of methoxy groups -OCH3 is 1. The molecule has 0 amide bonds. The van der Waals surface area contributed by atoms with Crippen LogP contribution in [0.25, 0.3) is 0 Å². The Morgan fingerprint density at radius 2 is 1.84 bits per heavy atom. The van der Waals surface area contributed by atoms with Crippen LogP contribution in [0.3, 0.4) is 0 Å². The molecule has 31 heavy (non-hydrogen) atoms. The van der Waals surface area contributed by atoms with Crippen molar-refractivity contribution in [2.45, 2.75) is 84.2 Å². The highest BCUT2D eigenvalue weighted by atomic mass is 16.5. The molecule has 4 aliphatic carbocycles. The zero-order chi connectivity index (χ0) is 22.4. The molecule has 0 bridgehead atoms. The number of hydrogen-bond donors (Lipinski definition) is 1. The van der Waals surface area contributed by atoms with E-state index in [1.165, 1.54) is 12.7 Å². The summed E-state index contributed by atoms with van der Waals surface area (Å²) in [5.41, 5.74) is 1.60. The fourth-order valence-corrected chi connectivity index (χ4v) is 7.71. The third-order valence-corrected chi connectivity index (χ3v) is 9.39. The van der Waals surface area contributed by atoms with Gasteiger partial charge in [-0.05, 0) is 73.5 Å². The van der Waals surface area contributed by atoms with Crippen LogP contribution in [0, 0.1) is 34.5 Å². The van der Waals surface area contributed by atoms with Gasteiger partial charge in [-0.1, -0.05) is 25.5 Å². The molecule has 6 nitrogen and oxygen atoms in total. The summed E-state index contributed by atoms with van der Waals surface area (Å²) in [4.78, 5) is 35.1. The van der Waals surface area contributed by atoms with Crippen molar-refractivity contribution in [1.82, 2.24) is 0 Å². The Morgan fingerprint density at radius 1 is 1.06 bits per heavy atom. The number of esters is 2. The number of carbonyl (C=O) groups excluding carboxylic acids is 2. The first-order valence-electron chi connectivity index (χ1n) is 11.9. The van der Waals surface area contributed by atoms with Gasteiger partial charge in [-0.2, -0.15) is 0 Å². The Kier molecular flexibility index (Phi) is 5.95. The second-order valence-corrected chi connectivity index (χ2v) is 10.7. The summed E-state index contributed by atoms with van der Waals surface area (Å²) in [5.74, 6) is 0.409. The number of allylic oxidation sites excluding steroid dienone is 1. The molecule has 7 atom stereocenters. The third kappa shape index (κ3) is 3.80. The maximum atomic E-state index is 12.4. The zero-order valence-corrected chi connectivity index (χ0v) is 19.0. The Hall–Kier alpha value is -1.85. The lowest BCUT2D eigenvalue weighted by molar-refractivity contribution is -0.155. The van der Waals surface area contributed by atoms with Crippen LogP contribution in [0.1, 0.15) is 78.1 Å². The van der Waals surface area contributed by atoms with E-state index in [2.05, 4.69) is 19.9 Å². The molecule has 172 valence electrons. The first kappa shape index (κ1) is 22.3. The van der Waals surface area contributed by atoms with E-state index in [9.17, 15) is 14.4 Å². The molecule has 0 spiro atoms. The molecule has 3 fully saturated rings. The lowest BCUT2D eigenvalue weighted by atomic mass is 9.47. The molecule has 0 radical (unpaired) electrons. The van der Waals surface area contributed by atoms with Crippen LogP contribution in [0.15, 0.2) is 11.6 Å². The first-order chi connectivity index (χ1) is 14.7. The maximum Gasteiger partial charge on any atom is 0.309 e. The topological polar surface area (TPSA) is 89.9 Å². The SMILES string of the molecule is COC(=O)[C@H]1CC[C@H]2[C@@H]3CC=C4C[C@H](OC(=O)CCC(=O)O)CC[C@]4(C)[C@H]3CC[C@]12C. The average molecular weight is 433 g/mol. The number of hydrogen-bond acceptors (Lipinski definition) is 5. The van der Waals surface area contributed by atoms with Crippen molar-refractivity contribution in [3.63, 3.8) is 0 Å². The molecule has 0 unspecified atom stereocenters. The fraction of sp³-hybridized carbons (Fsp3) is 0.800. The number of carboxylic acids is 1. The lowest BCUT2D eigenvalue weighted by Crippen LogP contribution is -2.51. The van der Waals surface area contributed by atoms with E-state index in [-0.39, 0.29) is 41.7 Å². The number of rotatable bonds is 5. The van der Waals surface area contributed by atoms with E-state index >= 15 is 0 Å². The first-order valence-corrected chi connectivity index (χ1v) is 11.9. The Balaban J connectivity index is 1.46. The Bertz CT molecular complexity index is 787.